The van der Waals surface area contributed by atoms with Crippen LogP contribution in [0, 0.1) is 0 Å². The Morgan fingerprint density at radius 2 is 1.83 bits per heavy atom. The van der Waals surface area contributed by atoms with Crippen molar-refractivity contribution in [3.8, 4) is 5.75 Å². The molecule has 3 aromatic carbocycles. The maximum atomic E-state index is 12.2. The topological polar surface area (TPSA) is 61.4 Å². The normalized spacial score (nSPS) is 10.4. The highest BCUT2D eigenvalue weighted by Crippen LogP contribution is 2.26. The second kappa shape index (κ2) is 6.98. The highest BCUT2D eigenvalue weighted by atomic mass is 79.9. The summed E-state index contributed by atoms with van der Waals surface area (Å²) < 4.78 is 0.822. The van der Waals surface area contributed by atoms with E-state index < -0.39 is 0 Å². The molecular weight excluding hydrogens is 388 g/mol. The third-order valence-electron chi connectivity index (χ3n) is 3.43. The minimum Gasteiger partial charge on any atom is -0.508 e. The van der Waals surface area contributed by atoms with Crippen LogP contribution in [0.15, 0.2) is 65.1 Å². The van der Waals surface area contributed by atoms with Crippen molar-refractivity contribution in [2.24, 2.45) is 0 Å². The average molecular weight is 401 g/mol. The molecule has 3 rings (SSSR count). The number of rotatable bonds is 2. The molecule has 0 bridgehead atoms. The zero-order valence-electron chi connectivity index (χ0n) is 12.4. The van der Waals surface area contributed by atoms with Gasteiger partial charge in [-0.25, -0.2) is 0 Å². The van der Waals surface area contributed by atoms with Crippen molar-refractivity contribution in [1.82, 2.24) is 5.32 Å². The van der Waals surface area contributed by atoms with E-state index in [4.69, 9.17) is 12.2 Å². The third-order valence-corrected chi connectivity index (χ3v) is 4.12. The summed E-state index contributed by atoms with van der Waals surface area (Å²) in [5, 5.41) is 17.2. The number of thiocarbonyl (C=S) groups is 1. The minimum atomic E-state index is -0.285. The SMILES string of the molecule is O=C(NC(=S)Nc1cccc2cc(O)ccc12)c1cccc(Br)c1. The minimum absolute atomic E-state index is 0.199. The van der Waals surface area contributed by atoms with Crippen LogP contribution in [-0.2, 0) is 0 Å². The fourth-order valence-corrected chi connectivity index (χ4v) is 2.94. The number of hydrogen-bond donors (Lipinski definition) is 3. The van der Waals surface area contributed by atoms with Crippen molar-refractivity contribution in [3.63, 3.8) is 0 Å². The fraction of sp³-hybridized carbons (Fsp3) is 0. The van der Waals surface area contributed by atoms with Crippen LogP contribution in [0.2, 0.25) is 0 Å². The van der Waals surface area contributed by atoms with Crippen molar-refractivity contribution in [2.75, 3.05) is 5.32 Å². The second-order valence-corrected chi connectivity index (χ2v) is 6.45. The Hall–Kier alpha value is -2.44. The highest BCUT2D eigenvalue weighted by molar-refractivity contribution is 9.10. The summed E-state index contributed by atoms with van der Waals surface area (Å²) in [6.07, 6.45) is 0. The van der Waals surface area contributed by atoms with Crippen molar-refractivity contribution in [3.05, 3.63) is 70.7 Å². The van der Waals surface area contributed by atoms with E-state index in [1.807, 2.05) is 24.3 Å². The van der Waals surface area contributed by atoms with Crippen LogP contribution in [-0.4, -0.2) is 16.1 Å². The molecule has 3 aromatic rings. The molecule has 0 unspecified atom stereocenters. The standard InChI is InChI=1S/C18H13BrN2O2S/c19-13-5-1-4-12(9-13)17(23)21-18(24)20-16-6-2-3-11-10-14(22)7-8-15(11)16/h1-10,22H,(H2,20,21,23,24). The van der Waals surface area contributed by atoms with Gasteiger partial charge in [-0.3, -0.25) is 10.1 Å². The van der Waals surface area contributed by atoms with Gasteiger partial charge in [0.05, 0.1) is 0 Å². The van der Waals surface area contributed by atoms with Gasteiger partial charge < -0.3 is 10.4 Å². The third kappa shape index (κ3) is 3.72. The Bertz CT molecular complexity index is 943. The largest absolute Gasteiger partial charge is 0.508 e. The number of phenols is 1. The van der Waals surface area contributed by atoms with E-state index in [2.05, 4.69) is 26.6 Å². The van der Waals surface area contributed by atoms with Crippen LogP contribution in [0.4, 0.5) is 5.69 Å². The molecule has 120 valence electrons. The van der Waals surface area contributed by atoms with Gasteiger partial charge in [-0.2, -0.15) is 0 Å². The average Bonchev–Trinajstić information content (AvgIpc) is 2.54. The number of nitrogens with one attached hydrogen (secondary N) is 2. The van der Waals surface area contributed by atoms with E-state index in [-0.39, 0.29) is 16.8 Å². The highest BCUT2D eigenvalue weighted by Gasteiger charge is 2.09. The van der Waals surface area contributed by atoms with Crippen LogP contribution in [0.3, 0.4) is 0 Å². The number of anilines is 1. The lowest BCUT2D eigenvalue weighted by Gasteiger charge is -2.12. The van der Waals surface area contributed by atoms with Gasteiger partial charge in [-0.05, 0) is 60.1 Å². The molecule has 0 heterocycles. The monoisotopic (exact) mass is 400 g/mol. The van der Waals surface area contributed by atoms with Crippen LogP contribution < -0.4 is 10.6 Å². The van der Waals surface area contributed by atoms with E-state index in [1.165, 1.54) is 0 Å². The Kier molecular flexibility index (Phi) is 4.78. The summed E-state index contributed by atoms with van der Waals surface area (Å²) in [5.41, 5.74) is 1.27. The number of aromatic hydroxyl groups is 1. The summed E-state index contributed by atoms with van der Waals surface area (Å²) in [6.45, 7) is 0. The Morgan fingerprint density at radius 1 is 1.04 bits per heavy atom. The molecule has 0 aliphatic carbocycles. The van der Waals surface area contributed by atoms with Gasteiger partial charge in [-0.15, -0.1) is 0 Å². The first-order valence-corrected chi connectivity index (χ1v) is 8.33. The van der Waals surface area contributed by atoms with E-state index >= 15 is 0 Å². The number of amides is 1. The zero-order chi connectivity index (χ0) is 17.1. The quantitative estimate of drug-likeness (QED) is 0.556. The van der Waals surface area contributed by atoms with Gasteiger partial charge in [0.2, 0.25) is 0 Å². The molecule has 0 aliphatic heterocycles. The molecule has 0 spiro atoms. The van der Waals surface area contributed by atoms with Gasteiger partial charge in [0.25, 0.3) is 5.91 Å². The molecule has 0 aromatic heterocycles. The van der Waals surface area contributed by atoms with Gasteiger partial charge in [0.1, 0.15) is 5.75 Å². The molecule has 24 heavy (non-hydrogen) atoms. The lowest BCUT2D eigenvalue weighted by atomic mass is 10.1. The van der Waals surface area contributed by atoms with Crippen LogP contribution in [0.5, 0.6) is 5.75 Å². The molecule has 0 saturated carbocycles. The number of halogens is 1. The fourth-order valence-electron chi connectivity index (χ4n) is 2.34. The number of phenolic OH excluding ortho intramolecular Hbond substituents is 1. The second-order valence-electron chi connectivity index (χ2n) is 5.13. The summed E-state index contributed by atoms with van der Waals surface area (Å²) in [7, 11) is 0. The van der Waals surface area contributed by atoms with Gasteiger partial charge in [0.15, 0.2) is 5.11 Å². The number of carbonyl (C=O) groups is 1. The summed E-state index contributed by atoms with van der Waals surface area (Å²) in [4.78, 5) is 12.2. The number of fused-ring (bicyclic) bond motifs is 1. The Labute approximate surface area is 152 Å². The van der Waals surface area contributed by atoms with Gasteiger partial charge >= 0.3 is 0 Å². The van der Waals surface area contributed by atoms with Crippen LogP contribution in [0.1, 0.15) is 10.4 Å². The molecule has 0 radical (unpaired) electrons. The lowest BCUT2D eigenvalue weighted by molar-refractivity contribution is 0.0977. The molecule has 0 saturated heterocycles. The maximum Gasteiger partial charge on any atom is 0.257 e. The first-order chi connectivity index (χ1) is 11.5. The number of carbonyl (C=O) groups excluding carboxylic acids is 1. The molecule has 0 atom stereocenters. The molecule has 4 nitrogen and oxygen atoms in total. The summed E-state index contributed by atoms with van der Waals surface area (Å²) >= 11 is 8.56. The molecule has 6 heteroatoms. The van der Waals surface area contributed by atoms with Crippen molar-refractivity contribution in [1.29, 1.82) is 0 Å². The summed E-state index contributed by atoms with van der Waals surface area (Å²) in [5.74, 6) is -0.0862. The molecule has 3 N–H and O–H groups in total. The Morgan fingerprint density at radius 3 is 2.62 bits per heavy atom. The molecule has 0 aliphatic rings. The van der Waals surface area contributed by atoms with Crippen molar-refractivity contribution in [2.45, 2.75) is 0 Å². The van der Waals surface area contributed by atoms with E-state index in [9.17, 15) is 9.90 Å². The zero-order valence-corrected chi connectivity index (χ0v) is 14.8. The number of hydrogen-bond acceptors (Lipinski definition) is 3. The molecule has 1 amide bonds. The van der Waals surface area contributed by atoms with Gasteiger partial charge in [-0.1, -0.05) is 34.1 Å². The first-order valence-electron chi connectivity index (χ1n) is 7.12. The van der Waals surface area contributed by atoms with Gasteiger partial charge in [0, 0.05) is 21.1 Å². The Balaban J connectivity index is 1.77. The maximum absolute atomic E-state index is 12.2. The van der Waals surface area contributed by atoms with E-state index in [0.717, 1.165) is 20.9 Å². The van der Waals surface area contributed by atoms with Crippen molar-refractivity contribution < 1.29 is 9.90 Å². The molecule has 0 fully saturated rings. The lowest BCUT2D eigenvalue weighted by Crippen LogP contribution is -2.34. The van der Waals surface area contributed by atoms with Crippen LogP contribution >= 0.6 is 28.1 Å². The van der Waals surface area contributed by atoms with Crippen LogP contribution in [0.25, 0.3) is 10.8 Å². The van der Waals surface area contributed by atoms with Crippen molar-refractivity contribution >= 4 is 55.6 Å². The van der Waals surface area contributed by atoms with E-state index in [1.54, 1.807) is 36.4 Å². The predicted molar refractivity (Wildman–Crippen MR) is 103 cm³/mol. The predicted octanol–water partition coefficient (Wildman–Crippen LogP) is 4.43. The first kappa shape index (κ1) is 16.4. The van der Waals surface area contributed by atoms with E-state index in [0.29, 0.717) is 5.56 Å². The smallest absolute Gasteiger partial charge is 0.257 e. The molecular formula is C18H13BrN2O2S. The summed E-state index contributed by atoms with van der Waals surface area (Å²) in [6, 6.07) is 17.7. The number of benzene rings is 3.